The van der Waals surface area contributed by atoms with Gasteiger partial charge in [0.25, 0.3) is 0 Å². The van der Waals surface area contributed by atoms with Gasteiger partial charge in [-0.25, -0.2) is 9.97 Å². The van der Waals surface area contributed by atoms with Crippen LogP contribution in [0, 0.1) is 0 Å². The van der Waals surface area contributed by atoms with Crippen molar-refractivity contribution in [2.24, 2.45) is 0 Å². The Morgan fingerprint density at radius 2 is 2.00 bits per heavy atom. The molecule has 0 radical (unpaired) electrons. The molecule has 88 valence electrons. The minimum absolute atomic E-state index is 0.0725. The highest BCUT2D eigenvalue weighted by molar-refractivity contribution is 5.31. The van der Waals surface area contributed by atoms with Gasteiger partial charge >= 0.3 is 0 Å². The molecule has 0 spiro atoms. The van der Waals surface area contributed by atoms with Gasteiger partial charge in [0.15, 0.2) is 0 Å². The summed E-state index contributed by atoms with van der Waals surface area (Å²) in [5.41, 5.74) is 1.79. The molecule has 0 amide bonds. The van der Waals surface area contributed by atoms with Crippen LogP contribution in [-0.2, 0) is 6.61 Å². The Kier molecular flexibility index (Phi) is 3.67. The van der Waals surface area contributed by atoms with E-state index in [4.69, 9.17) is 5.11 Å². The van der Waals surface area contributed by atoms with Crippen LogP contribution in [0.25, 0.3) is 0 Å². The quantitative estimate of drug-likeness (QED) is 0.843. The molecule has 1 atom stereocenters. The van der Waals surface area contributed by atoms with Gasteiger partial charge in [0.05, 0.1) is 18.3 Å². The first-order valence-corrected chi connectivity index (χ1v) is 5.54. The molecule has 0 aliphatic rings. The summed E-state index contributed by atoms with van der Waals surface area (Å²) >= 11 is 0. The number of aliphatic hydroxyl groups excluding tert-OH is 1. The fourth-order valence-electron chi connectivity index (χ4n) is 1.57. The van der Waals surface area contributed by atoms with Crippen LogP contribution in [0.5, 0.6) is 0 Å². The van der Waals surface area contributed by atoms with Gasteiger partial charge in [-0.05, 0) is 18.6 Å². The first-order chi connectivity index (χ1) is 8.29. The maximum absolute atomic E-state index is 9.00. The molecule has 1 heterocycles. The predicted octanol–water partition coefficient (Wildman–Crippen LogP) is 2.14. The monoisotopic (exact) mass is 229 g/mol. The summed E-state index contributed by atoms with van der Waals surface area (Å²) < 4.78 is 0. The zero-order valence-corrected chi connectivity index (χ0v) is 9.67. The van der Waals surface area contributed by atoms with E-state index in [-0.39, 0.29) is 12.6 Å². The number of rotatable bonds is 4. The highest BCUT2D eigenvalue weighted by Gasteiger charge is 2.06. The average Bonchev–Trinajstić information content (AvgIpc) is 2.40. The second-order valence-corrected chi connectivity index (χ2v) is 3.81. The summed E-state index contributed by atoms with van der Waals surface area (Å²) in [4.78, 5) is 8.30. The van der Waals surface area contributed by atoms with E-state index < -0.39 is 0 Å². The summed E-state index contributed by atoms with van der Waals surface area (Å²) in [6.45, 7) is 1.97. The van der Waals surface area contributed by atoms with Crippen molar-refractivity contribution in [3.63, 3.8) is 0 Å². The lowest BCUT2D eigenvalue weighted by Gasteiger charge is -2.14. The average molecular weight is 229 g/mol. The third-order valence-corrected chi connectivity index (χ3v) is 2.52. The topological polar surface area (TPSA) is 58.0 Å². The number of aromatic nitrogens is 2. The molecular formula is C13H15N3O. The van der Waals surface area contributed by atoms with Crippen molar-refractivity contribution in [2.75, 3.05) is 5.32 Å². The van der Waals surface area contributed by atoms with E-state index in [0.717, 1.165) is 0 Å². The number of nitrogens with one attached hydrogen (secondary N) is 1. The molecule has 1 aromatic carbocycles. The van der Waals surface area contributed by atoms with Gasteiger partial charge in [0.2, 0.25) is 5.95 Å². The number of nitrogens with zero attached hydrogens (tertiary/aromatic N) is 2. The van der Waals surface area contributed by atoms with Crippen LogP contribution in [0.1, 0.15) is 24.2 Å². The van der Waals surface area contributed by atoms with Gasteiger partial charge in [0.1, 0.15) is 0 Å². The standard InChI is InChI=1S/C13H15N3O/c1-10(11-5-3-2-4-6-11)15-13-14-8-7-12(9-17)16-13/h2-8,10,17H,9H2,1H3,(H,14,15,16). The molecule has 17 heavy (non-hydrogen) atoms. The lowest BCUT2D eigenvalue weighted by molar-refractivity contribution is 0.277. The normalized spacial score (nSPS) is 12.1. The minimum atomic E-state index is -0.0725. The minimum Gasteiger partial charge on any atom is -0.390 e. The van der Waals surface area contributed by atoms with Gasteiger partial charge in [-0.3, -0.25) is 0 Å². The third-order valence-electron chi connectivity index (χ3n) is 2.52. The fraction of sp³-hybridized carbons (Fsp3) is 0.231. The molecule has 2 N–H and O–H groups in total. The molecule has 4 nitrogen and oxygen atoms in total. The number of hydrogen-bond acceptors (Lipinski definition) is 4. The van der Waals surface area contributed by atoms with Crippen molar-refractivity contribution in [2.45, 2.75) is 19.6 Å². The second-order valence-electron chi connectivity index (χ2n) is 3.81. The van der Waals surface area contributed by atoms with E-state index in [1.807, 2.05) is 37.3 Å². The van der Waals surface area contributed by atoms with E-state index in [1.165, 1.54) is 5.56 Å². The predicted molar refractivity (Wildman–Crippen MR) is 66.4 cm³/mol. The van der Waals surface area contributed by atoms with E-state index >= 15 is 0 Å². The van der Waals surface area contributed by atoms with Gasteiger partial charge < -0.3 is 10.4 Å². The van der Waals surface area contributed by atoms with E-state index in [0.29, 0.717) is 11.6 Å². The molecule has 2 aromatic rings. The Morgan fingerprint density at radius 3 is 2.71 bits per heavy atom. The lowest BCUT2D eigenvalue weighted by Crippen LogP contribution is -2.10. The molecule has 0 aliphatic heterocycles. The summed E-state index contributed by atoms with van der Waals surface area (Å²) in [7, 11) is 0. The van der Waals surface area contributed by atoms with E-state index in [2.05, 4.69) is 15.3 Å². The van der Waals surface area contributed by atoms with Crippen molar-refractivity contribution in [1.82, 2.24) is 9.97 Å². The van der Waals surface area contributed by atoms with Crippen LogP contribution in [0.15, 0.2) is 42.6 Å². The molecule has 0 saturated carbocycles. The first-order valence-electron chi connectivity index (χ1n) is 5.54. The van der Waals surface area contributed by atoms with Crippen LogP contribution in [0.2, 0.25) is 0 Å². The molecule has 0 aliphatic carbocycles. The number of benzene rings is 1. The van der Waals surface area contributed by atoms with Gasteiger partial charge in [0, 0.05) is 6.20 Å². The Bertz CT molecular complexity index is 473. The molecule has 1 unspecified atom stereocenters. The van der Waals surface area contributed by atoms with Crippen molar-refractivity contribution in [3.05, 3.63) is 53.9 Å². The molecule has 4 heteroatoms. The van der Waals surface area contributed by atoms with Crippen molar-refractivity contribution >= 4 is 5.95 Å². The maximum Gasteiger partial charge on any atom is 0.223 e. The van der Waals surface area contributed by atoms with Gasteiger partial charge in [-0.1, -0.05) is 30.3 Å². The van der Waals surface area contributed by atoms with Crippen molar-refractivity contribution in [3.8, 4) is 0 Å². The van der Waals surface area contributed by atoms with Crippen LogP contribution in [-0.4, -0.2) is 15.1 Å². The van der Waals surface area contributed by atoms with Crippen molar-refractivity contribution in [1.29, 1.82) is 0 Å². The van der Waals surface area contributed by atoms with E-state index in [1.54, 1.807) is 12.3 Å². The number of hydrogen-bond donors (Lipinski definition) is 2. The highest BCUT2D eigenvalue weighted by atomic mass is 16.3. The van der Waals surface area contributed by atoms with Gasteiger partial charge in [-0.15, -0.1) is 0 Å². The zero-order valence-electron chi connectivity index (χ0n) is 9.67. The third kappa shape index (κ3) is 3.01. The first kappa shape index (κ1) is 11.5. The Hall–Kier alpha value is -1.94. The molecule has 0 bridgehead atoms. The summed E-state index contributed by atoms with van der Waals surface area (Å²) in [6, 6.07) is 11.9. The van der Waals surface area contributed by atoms with Crippen LogP contribution in [0.3, 0.4) is 0 Å². The fourth-order valence-corrected chi connectivity index (χ4v) is 1.57. The molecule has 0 saturated heterocycles. The van der Waals surface area contributed by atoms with Crippen LogP contribution in [0.4, 0.5) is 5.95 Å². The lowest BCUT2D eigenvalue weighted by atomic mass is 10.1. The van der Waals surface area contributed by atoms with Gasteiger partial charge in [-0.2, -0.15) is 0 Å². The highest BCUT2D eigenvalue weighted by Crippen LogP contribution is 2.15. The Labute approximate surface area is 100 Å². The van der Waals surface area contributed by atoms with Crippen LogP contribution < -0.4 is 5.32 Å². The summed E-state index contributed by atoms with van der Waals surface area (Å²) in [6.07, 6.45) is 1.64. The smallest absolute Gasteiger partial charge is 0.223 e. The summed E-state index contributed by atoms with van der Waals surface area (Å²) in [5.74, 6) is 0.535. The summed E-state index contributed by atoms with van der Waals surface area (Å²) in [5, 5.41) is 12.2. The number of aliphatic hydroxyl groups is 1. The zero-order chi connectivity index (χ0) is 12.1. The Morgan fingerprint density at radius 1 is 1.24 bits per heavy atom. The molecule has 1 aromatic heterocycles. The van der Waals surface area contributed by atoms with E-state index in [9.17, 15) is 0 Å². The SMILES string of the molecule is CC(Nc1nccc(CO)n1)c1ccccc1. The van der Waals surface area contributed by atoms with Crippen molar-refractivity contribution < 1.29 is 5.11 Å². The second kappa shape index (κ2) is 5.41. The Balaban J connectivity index is 2.10. The van der Waals surface area contributed by atoms with Crippen LogP contribution >= 0.6 is 0 Å². The molecule has 0 fully saturated rings. The number of anilines is 1. The largest absolute Gasteiger partial charge is 0.390 e. The molecule has 2 rings (SSSR count). The molecular weight excluding hydrogens is 214 g/mol. The maximum atomic E-state index is 9.00.